The van der Waals surface area contributed by atoms with Crippen molar-refractivity contribution in [1.29, 1.82) is 0 Å². The molecule has 1 atom stereocenters. The van der Waals surface area contributed by atoms with Crippen molar-refractivity contribution in [3.8, 4) is 0 Å². The summed E-state index contributed by atoms with van der Waals surface area (Å²) in [5, 5.41) is 4.91. The predicted molar refractivity (Wildman–Crippen MR) is 123 cm³/mol. The van der Waals surface area contributed by atoms with Gasteiger partial charge in [0.1, 0.15) is 0 Å². The molecule has 6 heteroatoms. The van der Waals surface area contributed by atoms with Crippen molar-refractivity contribution in [3.05, 3.63) is 62.6 Å². The van der Waals surface area contributed by atoms with Crippen LogP contribution in [-0.4, -0.2) is 24.2 Å². The number of nitrogens with zero attached hydrogens (tertiary/aromatic N) is 2. The molecule has 0 spiro atoms. The molecule has 154 valence electrons. The van der Waals surface area contributed by atoms with Gasteiger partial charge in [0.2, 0.25) is 0 Å². The molecule has 0 radical (unpaired) electrons. The van der Waals surface area contributed by atoms with Crippen LogP contribution in [0.5, 0.6) is 0 Å². The molecule has 0 bridgehead atoms. The van der Waals surface area contributed by atoms with Gasteiger partial charge in [0.05, 0.1) is 16.3 Å². The van der Waals surface area contributed by atoms with Crippen molar-refractivity contribution in [3.63, 3.8) is 0 Å². The molecule has 2 aromatic rings. The first kappa shape index (κ1) is 21.7. The second-order valence-corrected chi connectivity index (χ2v) is 9.07. The smallest absolute Gasteiger partial charge is 0.271 e. The fourth-order valence-corrected chi connectivity index (χ4v) is 4.55. The van der Waals surface area contributed by atoms with Crippen molar-refractivity contribution in [1.82, 2.24) is 5.43 Å². The average Bonchev–Trinajstić information content (AvgIpc) is 2.64. The minimum absolute atomic E-state index is 0.136. The van der Waals surface area contributed by atoms with Crippen molar-refractivity contribution in [2.75, 3.05) is 11.4 Å². The molecule has 4 nitrogen and oxygen atoms in total. The first-order valence-electron chi connectivity index (χ1n) is 9.84. The summed E-state index contributed by atoms with van der Waals surface area (Å²) >= 11 is 11.9. The Kier molecular flexibility index (Phi) is 6.25. The highest BCUT2D eigenvalue weighted by Crippen LogP contribution is 2.44. The fraction of sp³-hybridized carbons (Fsp3) is 0.391. The number of rotatable bonds is 4. The molecule has 1 heterocycles. The van der Waals surface area contributed by atoms with Gasteiger partial charge in [-0.25, -0.2) is 5.43 Å². The number of hydrogen-bond donors (Lipinski definition) is 1. The highest BCUT2D eigenvalue weighted by atomic mass is 35.5. The highest BCUT2D eigenvalue weighted by Gasteiger charge is 2.35. The Balaban J connectivity index is 1.82. The molecule has 1 N–H and O–H groups in total. The number of amides is 1. The number of carbonyl (C=O) groups is 1. The Morgan fingerprint density at radius 1 is 1.28 bits per heavy atom. The summed E-state index contributed by atoms with van der Waals surface area (Å²) in [5.41, 5.74) is 7.86. The zero-order valence-corrected chi connectivity index (χ0v) is 19.0. The highest BCUT2D eigenvalue weighted by molar-refractivity contribution is 6.42. The Labute approximate surface area is 182 Å². The van der Waals surface area contributed by atoms with Crippen LogP contribution >= 0.6 is 23.2 Å². The van der Waals surface area contributed by atoms with E-state index in [1.807, 2.05) is 0 Å². The quantitative estimate of drug-likeness (QED) is 0.463. The van der Waals surface area contributed by atoms with E-state index in [0.29, 0.717) is 21.5 Å². The van der Waals surface area contributed by atoms with Crippen molar-refractivity contribution < 1.29 is 4.79 Å². The second kappa shape index (κ2) is 8.37. The van der Waals surface area contributed by atoms with Crippen LogP contribution in [0.4, 0.5) is 5.69 Å². The molecule has 0 saturated carbocycles. The van der Waals surface area contributed by atoms with E-state index in [1.54, 1.807) is 18.3 Å². The van der Waals surface area contributed by atoms with Crippen LogP contribution in [0.2, 0.25) is 10.0 Å². The maximum Gasteiger partial charge on any atom is 0.271 e. The lowest BCUT2D eigenvalue weighted by Gasteiger charge is -2.47. The largest absolute Gasteiger partial charge is 0.366 e. The maximum absolute atomic E-state index is 12.3. The van der Waals surface area contributed by atoms with E-state index in [4.69, 9.17) is 23.2 Å². The van der Waals surface area contributed by atoms with E-state index < -0.39 is 0 Å². The molecule has 29 heavy (non-hydrogen) atoms. The first-order valence-corrected chi connectivity index (χ1v) is 10.6. The molecule has 0 aromatic heterocycles. The normalized spacial score (nSPS) is 18.0. The Morgan fingerprint density at radius 2 is 2.00 bits per heavy atom. The minimum atomic E-state index is -0.331. The number of benzene rings is 2. The van der Waals surface area contributed by atoms with Crippen molar-refractivity contribution in [2.45, 2.75) is 52.5 Å². The summed E-state index contributed by atoms with van der Waals surface area (Å²) in [5.74, 6) is 0.129. The number of aryl methyl sites for hydroxylation is 1. The van der Waals surface area contributed by atoms with Gasteiger partial charge in [0.25, 0.3) is 5.91 Å². The SMILES string of the molecule is CCN1c2cc(C)c(/C=N\NC(=O)c3ccc(Cl)c(Cl)c3)cc2[C@@H](C)CC1(C)C. The molecular weight excluding hydrogens is 405 g/mol. The third kappa shape index (κ3) is 4.44. The van der Waals surface area contributed by atoms with Gasteiger partial charge in [0.15, 0.2) is 0 Å². The molecule has 0 fully saturated rings. The van der Waals surface area contributed by atoms with Crippen LogP contribution in [0, 0.1) is 6.92 Å². The number of fused-ring (bicyclic) bond motifs is 1. The lowest BCUT2D eigenvalue weighted by atomic mass is 9.79. The van der Waals surface area contributed by atoms with Crippen LogP contribution in [0.3, 0.4) is 0 Å². The molecule has 3 rings (SSSR count). The van der Waals surface area contributed by atoms with Gasteiger partial charge >= 0.3 is 0 Å². The molecule has 0 aliphatic carbocycles. The van der Waals surface area contributed by atoms with Crippen LogP contribution < -0.4 is 10.3 Å². The van der Waals surface area contributed by atoms with Gasteiger partial charge in [0, 0.05) is 23.3 Å². The van der Waals surface area contributed by atoms with Crippen molar-refractivity contribution in [2.24, 2.45) is 5.10 Å². The first-order chi connectivity index (χ1) is 13.6. The van der Waals surface area contributed by atoms with Gasteiger partial charge in [-0.15, -0.1) is 0 Å². The van der Waals surface area contributed by atoms with Gasteiger partial charge < -0.3 is 4.90 Å². The van der Waals surface area contributed by atoms with E-state index in [1.165, 1.54) is 17.3 Å². The number of halogens is 2. The Morgan fingerprint density at radius 3 is 2.66 bits per heavy atom. The summed E-state index contributed by atoms with van der Waals surface area (Å²) in [6, 6.07) is 9.17. The zero-order chi connectivity index (χ0) is 21.3. The molecule has 1 amide bonds. The fourth-order valence-electron chi connectivity index (χ4n) is 4.25. The van der Waals surface area contributed by atoms with Gasteiger partial charge in [-0.2, -0.15) is 5.10 Å². The Hall–Kier alpha value is -2.04. The number of anilines is 1. The van der Waals surface area contributed by atoms with E-state index in [-0.39, 0.29) is 11.4 Å². The van der Waals surface area contributed by atoms with Crippen LogP contribution in [0.15, 0.2) is 35.4 Å². The molecule has 0 unspecified atom stereocenters. The lowest BCUT2D eigenvalue weighted by molar-refractivity contribution is 0.0955. The number of hydrazone groups is 1. The van der Waals surface area contributed by atoms with Crippen LogP contribution in [0.1, 0.15) is 67.1 Å². The van der Waals surface area contributed by atoms with E-state index >= 15 is 0 Å². The van der Waals surface area contributed by atoms with Crippen LogP contribution in [-0.2, 0) is 0 Å². The van der Waals surface area contributed by atoms with E-state index in [2.05, 4.69) is 62.2 Å². The number of hydrogen-bond acceptors (Lipinski definition) is 3. The van der Waals surface area contributed by atoms with Gasteiger partial charge in [-0.05, 0) is 87.1 Å². The summed E-state index contributed by atoms with van der Waals surface area (Å²) in [7, 11) is 0. The molecule has 1 aliphatic rings. The summed E-state index contributed by atoms with van der Waals surface area (Å²) in [6.07, 6.45) is 2.80. The molecule has 2 aromatic carbocycles. The standard InChI is InChI=1S/C23H27Cl2N3O/c1-6-28-21-9-14(2)17(10-18(21)15(3)12-23(28,4)5)13-26-27-22(29)16-7-8-19(24)20(25)11-16/h7-11,13,15H,6,12H2,1-5H3,(H,27,29)/b26-13-/t15-/m0/s1. The van der Waals surface area contributed by atoms with E-state index in [0.717, 1.165) is 24.1 Å². The Bertz CT molecular complexity index is 969. The second-order valence-electron chi connectivity index (χ2n) is 8.26. The third-order valence-electron chi connectivity index (χ3n) is 5.64. The minimum Gasteiger partial charge on any atom is -0.366 e. The summed E-state index contributed by atoms with van der Waals surface area (Å²) < 4.78 is 0. The van der Waals surface area contributed by atoms with Gasteiger partial charge in [-0.3, -0.25) is 4.79 Å². The summed E-state index contributed by atoms with van der Waals surface area (Å²) in [6.45, 7) is 12.1. The predicted octanol–water partition coefficient (Wildman–Crippen LogP) is 6.18. The third-order valence-corrected chi connectivity index (χ3v) is 6.38. The zero-order valence-electron chi connectivity index (χ0n) is 17.5. The van der Waals surface area contributed by atoms with E-state index in [9.17, 15) is 4.79 Å². The molecule has 0 saturated heterocycles. The topological polar surface area (TPSA) is 44.7 Å². The average molecular weight is 432 g/mol. The number of nitrogens with one attached hydrogen (secondary N) is 1. The maximum atomic E-state index is 12.3. The van der Waals surface area contributed by atoms with Crippen molar-refractivity contribution >= 4 is 41.0 Å². The lowest BCUT2D eigenvalue weighted by Crippen LogP contribution is -2.48. The molecular formula is C23H27Cl2N3O. The monoisotopic (exact) mass is 431 g/mol. The number of carbonyl (C=O) groups excluding carboxylic acids is 1. The summed E-state index contributed by atoms with van der Waals surface area (Å²) in [4.78, 5) is 14.8. The van der Waals surface area contributed by atoms with Crippen LogP contribution in [0.25, 0.3) is 0 Å². The molecule has 1 aliphatic heterocycles. The van der Waals surface area contributed by atoms with Gasteiger partial charge in [-0.1, -0.05) is 30.1 Å².